The van der Waals surface area contributed by atoms with Gasteiger partial charge in [-0.3, -0.25) is 14.4 Å². The highest BCUT2D eigenvalue weighted by molar-refractivity contribution is 8.19. The smallest absolute Gasteiger partial charge is 0.306 e. The zero-order chi connectivity index (χ0) is 35.4. The van der Waals surface area contributed by atoms with Crippen molar-refractivity contribution in [1.29, 1.82) is 0 Å². The number of benzene rings is 1. The Balaban J connectivity index is 1.39. The van der Waals surface area contributed by atoms with Crippen LogP contribution in [0.5, 0.6) is 0 Å². The van der Waals surface area contributed by atoms with Crippen LogP contribution in [0.3, 0.4) is 0 Å². The van der Waals surface area contributed by atoms with Gasteiger partial charge in [0.25, 0.3) is 0 Å². The van der Waals surface area contributed by atoms with E-state index in [1.807, 2.05) is 42.6 Å². The zero-order valence-electron chi connectivity index (χ0n) is 28.8. The van der Waals surface area contributed by atoms with Gasteiger partial charge in [0, 0.05) is 44.7 Å². The number of halogens is 3. The summed E-state index contributed by atoms with van der Waals surface area (Å²) in [7, 11) is 0. The van der Waals surface area contributed by atoms with Gasteiger partial charge in [-0.15, -0.1) is 23.5 Å². The van der Waals surface area contributed by atoms with Crippen molar-refractivity contribution in [2.45, 2.75) is 114 Å². The van der Waals surface area contributed by atoms with Gasteiger partial charge < -0.3 is 9.47 Å². The molecule has 1 saturated heterocycles. The van der Waals surface area contributed by atoms with Crippen LogP contribution in [-0.2, 0) is 36.9 Å². The van der Waals surface area contributed by atoms with E-state index in [4.69, 9.17) is 9.47 Å². The number of carbonyl (C=O) groups excluding carboxylic acids is 3. The van der Waals surface area contributed by atoms with Crippen molar-refractivity contribution in [3.05, 3.63) is 59.2 Å². The van der Waals surface area contributed by atoms with Crippen LogP contribution in [0, 0.1) is 28.6 Å². The summed E-state index contributed by atoms with van der Waals surface area (Å²) in [5.41, 5.74) is -4.43. The number of fused-ring (bicyclic) bond motifs is 5. The molecule has 0 amide bonds. The molecule has 11 atom stereocenters. The van der Waals surface area contributed by atoms with Crippen LogP contribution in [0.2, 0.25) is 0 Å². The molecule has 5 aliphatic rings. The SMILES string of the molecule is CCC(=O)OC1(C(=O)SCF)C(C)CC2C3CC(F)C4=CC(=O)C=CC4(C)C3(F)C(OCc3cccc(CCC4SCSC4C)c3)CC21C. The number of ether oxygens (including phenoxy) is 2. The quantitative estimate of drug-likeness (QED) is 0.221. The van der Waals surface area contributed by atoms with Crippen molar-refractivity contribution in [2.24, 2.45) is 28.6 Å². The fourth-order valence-electron chi connectivity index (χ4n) is 9.95. The summed E-state index contributed by atoms with van der Waals surface area (Å²) in [5, 5.41) is 1.72. The Morgan fingerprint density at radius 3 is 2.55 bits per heavy atom. The number of carbonyl (C=O) groups is 3. The molecular formula is C38H47F3O5S3. The maximum atomic E-state index is 18.7. The van der Waals surface area contributed by atoms with Crippen molar-refractivity contribution >= 4 is 52.2 Å². The molecule has 6 rings (SSSR count). The highest BCUT2D eigenvalue weighted by Gasteiger charge is 2.78. The second kappa shape index (κ2) is 14.0. The van der Waals surface area contributed by atoms with E-state index >= 15 is 8.78 Å². The Kier molecular flexibility index (Phi) is 10.6. The summed E-state index contributed by atoms with van der Waals surface area (Å²) >= 11 is 4.45. The van der Waals surface area contributed by atoms with Crippen molar-refractivity contribution in [3.63, 3.8) is 0 Å². The average Bonchev–Trinajstić information content (AvgIpc) is 3.58. The monoisotopic (exact) mass is 736 g/mol. The Bertz CT molecular complexity index is 1540. The highest BCUT2D eigenvalue weighted by Crippen LogP contribution is 2.72. The summed E-state index contributed by atoms with van der Waals surface area (Å²) in [5.74, 6) is -3.08. The van der Waals surface area contributed by atoms with E-state index < -0.39 is 69.2 Å². The third-order valence-corrected chi connectivity index (χ3v) is 16.4. The molecule has 4 fully saturated rings. The lowest BCUT2D eigenvalue weighted by Gasteiger charge is -2.64. The average molecular weight is 737 g/mol. The minimum atomic E-state index is -2.16. The third kappa shape index (κ3) is 5.98. The third-order valence-electron chi connectivity index (χ3n) is 12.5. The van der Waals surface area contributed by atoms with E-state index in [2.05, 4.69) is 19.1 Å². The van der Waals surface area contributed by atoms with Crippen LogP contribution in [0.15, 0.2) is 48.1 Å². The predicted octanol–water partition coefficient (Wildman–Crippen LogP) is 8.78. The molecule has 11 unspecified atom stereocenters. The second-order valence-electron chi connectivity index (χ2n) is 14.9. The number of thioether (sulfide) groups is 3. The minimum Gasteiger partial charge on any atom is -0.449 e. The van der Waals surface area contributed by atoms with Crippen molar-refractivity contribution < 1.29 is 37.0 Å². The summed E-state index contributed by atoms with van der Waals surface area (Å²) in [6.07, 6.45) is 3.32. The van der Waals surface area contributed by atoms with Gasteiger partial charge in [0.05, 0.1) is 12.7 Å². The predicted molar refractivity (Wildman–Crippen MR) is 191 cm³/mol. The van der Waals surface area contributed by atoms with E-state index in [1.54, 1.807) is 20.8 Å². The van der Waals surface area contributed by atoms with Crippen molar-refractivity contribution in [1.82, 2.24) is 0 Å². The van der Waals surface area contributed by atoms with Crippen LogP contribution in [0.4, 0.5) is 13.2 Å². The fraction of sp³-hybridized carbons (Fsp3) is 0.658. The van der Waals surface area contributed by atoms with Crippen LogP contribution in [0.25, 0.3) is 0 Å². The van der Waals surface area contributed by atoms with E-state index in [-0.39, 0.29) is 43.6 Å². The molecule has 1 aromatic carbocycles. The molecule has 49 heavy (non-hydrogen) atoms. The van der Waals surface area contributed by atoms with Gasteiger partial charge in [-0.2, -0.15) is 0 Å². The maximum Gasteiger partial charge on any atom is 0.306 e. The first-order chi connectivity index (χ1) is 23.2. The minimum absolute atomic E-state index is 0.00429. The summed E-state index contributed by atoms with van der Waals surface area (Å²) in [4.78, 5) is 39.5. The zero-order valence-corrected chi connectivity index (χ0v) is 31.3. The molecule has 5 nitrogen and oxygen atoms in total. The molecule has 268 valence electrons. The van der Waals surface area contributed by atoms with Gasteiger partial charge >= 0.3 is 5.97 Å². The molecule has 3 saturated carbocycles. The molecule has 1 heterocycles. The number of esters is 1. The lowest BCUT2D eigenvalue weighted by molar-refractivity contribution is -0.241. The number of allylic oxidation sites excluding steroid dienone is 4. The molecule has 11 heteroatoms. The van der Waals surface area contributed by atoms with E-state index in [0.717, 1.165) is 23.5 Å². The van der Waals surface area contributed by atoms with Gasteiger partial charge in [-0.25, -0.2) is 13.2 Å². The fourth-order valence-corrected chi connectivity index (χ4v) is 14.0. The van der Waals surface area contributed by atoms with Crippen LogP contribution < -0.4 is 0 Å². The number of ketones is 1. The first kappa shape index (κ1) is 37.1. The molecule has 1 aromatic rings. The molecule has 0 radical (unpaired) electrons. The molecule has 0 spiro atoms. The van der Waals surface area contributed by atoms with Crippen LogP contribution in [-0.4, -0.2) is 62.0 Å². The number of hydrogen-bond donors (Lipinski definition) is 0. The maximum absolute atomic E-state index is 18.7. The summed E-state index contributed by atoms with van der Waals surface area (Å²) in [6.45, 7) is 9.23. The standard InChI is InChI=1S/C38H47F3O5S3/c1-6-33(43)46-38(34(44)47-20-39)22(2)14-27-28-17-30(40)29-16-26(42)12-13-35(29,4)37(28,41)32(18-36(27,38)5)45-19-25-9-7-8-24(15-25)10-11-31-23(3)48-21-49-31/h7-9,12-13,15-16,22-23,27-28,30-32H,6,10-11,14,17-21H2,1-5H3. The number of rotatable bonds is 10. The topological polar surface area (TPSA) is 69.7 Å². The summed E-state index contributed by atoms with van der Waals surface area (Å²) in [6, 6.07) is 7.10. The first-order valence-corrected chi connectivity index (χ1v) is 20.5. The molecule has 0 aromatic heterocycles. The Morgan fingerprint density at radius 2 is 1.86 bits per heavy atom. The lowest BCUT2D eigenvalue weighted by atomic mass is 9.44. The Labute approximate surface area is 300 Å². The molecule has 4 aliphatic carbocycles. The normalized spacial score (nSPS) is 41.1. The van der Waals surface area contributed by atoms with E-state index in [0.29, 0.717) is 22.3 Å². The number of aryl methyl sites for hydroxylation is 1. The van der Waals surface area contributed by atoms with Crippen LogP contribution in [0.1, 0.15) is 77.8 Å². The highest BCUT2D eigenvalue weighted by atomic mass is 32.2. The molecule has 1 aliphatic heterocycles. The Morgan fingerprint density at radius 1 is 1.10 bits per heavy atom. The van der Waals surface area contributed by atoms with Gasteiger partial charge in [-0.05, 0) is 85.6 Å². The molecule has 0 N–H and O–H groups in total. The lowest BCUT2D eigenvalue weighted by Crippen LogP contribution is -2.71. The number of hydrogen-bond acceptors (Lipinski definition) is 8. The second-order valence-corrected chi connectivity index (χ2v) is 18.8. The number of alkyl halides is 3. The largest absolute Gasteiger partial charge is 0.449 e. The Hall–Kier alpha value is -1.69. The molecular weight excluding hydrogens is 690 g/mol. The van der Waals surface area contributed by atoms with Crippen molar-refractivity contribution in [2.75, 3.05) is 11.1 Å². The van der Waals surface area contributed by atoms with Gasteiger partial charge in [0.15, 0.2) is 17.1 Å². The van der Waals surface area contributed by atoms with Gasteiger partial charge in [-0.1, -0.05) is 58.0 Å². The molecule has 0 bridgehead atoms. The van der Waals surface area contributed by atoms with Gasteiger partial charge in [0.2, 0.25) is 5.12 Å². The van der Waals surface area contributed by atoms with Gasteiger partial charge in [0.1, 0.15) is 12.2 Å². The van der Waals surface area contributed by atoms with Crippen molar-refractivity contribution in [3.8, 4) is 0 Å². The van der Waals surface area contributed by atoms with E-state index in [9.17, 15) is 18.8 Å². The first-order valence-electron chi connectivity index (χ1n) is 17.4. The van der Waals surface area contributed by atoms with Crippen LogP contribution >= 0.6 is 35.3 Å². The summed E-state index contributed by atoms with van der Waals surface area (Å²) < 4.78 is 61.6. The van der Waals surface area contributed by atoms with E-state index in [1.165, 1.54) is 23.8 Å².